The Bertz CT molecular complexity index is 893. The Morgan fingerprint density at radius 1 is 1.07 bits per heavy atom. The smallest absolute Gasteiger partial charge is 0.287 e. The zero-order valence-electron chi connectivity index (χ0n) is 18.8. The highest BCUT2D eigenvalue weighted by molar-refractivity contribution is 6.00. The van der Waals surface area contributed by atoms with E-state index in [1.165, 1.54) is 37.7 Å². The molecule has 5 nitrogen and oxygen atoms in total. The van der Waals surface area contributed by atoms with Crippen molar-refractivity contribution in [3.8, 4) is 0 Å². The van der Waals surface area contributed by atoms with Gasteiger partial charge in [0.1, 0.15) is 5.58 Å². The molecule has 1 aromatic heterocycles. The third kappa shape index (κ3) is 4.39. The summed E-state index contributed by atoms with van der Waals surface area (Å²) in [5, 5.41) is 4.34. The predicted molar refractivity (Wildman–Crippen MR) is 125 cm³/mol. The van der Waals surface area contributed by atoms with E-state index in [9.17, 15) is 4.79 Å². The highest BCUT2D eigenvalue weighted by Gasteiger charge is 2.39. The van der Waals surface area contributed by atoms with E-state index in [2.05, 4.69) is 42.1 Å². The first kappa shape index (κ1) is 23.1. The average Bonchev–Trinajstić information content (AvgIpc) is 3.04. The molecular weight excluding hydrogens is 398 g/mol. The predicted octanol–water partition coefficient (Wildman–Crippen LogP) is 4.46. The third-order valence-electron chi connectivity index (χ3n) is 7.11. The van der Waals surface area contributed by atoms with E-state index in [0.29, 0.717) is 12.3 Å². The summed E-state index contributed by atoms with van der Waals surface area (Å²) >= 11 is 0. The van der Waals surface area contributed by atoms with Gasteiger partial charge in [-0.3, -0.25) is 9.69 Å². The number of amides is 1. The van der Waals surface area contributed by atoms with E-state index < -0.39 is 0 Å². The first-order chi connectivity index (χ1) is 13.9. The number of halogens is 1. The first-order valence-electron chi connectivity index (χ1n) is 11.1. The molecule has 1 amide bonds. The quantitative estimate of drug-likeness (QED) is 0.773. The van der Waals surface area contributed by atoms with Crippen molar-refractivity contribution in [1.82, 2.24) is 15.1 Å². The van der Waals surface area contributed by atoms with Crippen LogP contribution in [0.3, 0.4) is 0 Å². The molecule has 1 saturated carbocycles. The molecule has 2 heterocycles. The molecule has 6 heteroatoms. The molecule has 2 aromatic rings. The molecule has 2 aliphatic rings. The van der Waals surface area contributed by atoms with Gasteiger partial charge in [0.05, 0.1) is 0 Å². The fraction of sp³-hybridized carbons (Fsp3) is 0.625. The lowest BCUT2D eigenvalue weighted by Gasteiger charge is -2.49. The van der Waals surface area contributed by atoms with Crippen LogP contribution in [0.15, 0.2) is 16.5 Å². The molecule has 0 unspecified atom stereocenters. The normalized spacial score (nSPS) is 20.1. The summed E-state index contributed by atoms with van der Waals surface area (Å²) in [6.07, 6.45) is 6.17. The Morgan fingerprint density at radius 2 is 1.73 bits per heavy atom. The number of hydrogen-bond donors (Lipinski definition) is 1. The van der Waals surface area contributed by atoms with Gasteiger partial charge in [0.25, 0.3) is 5.91 Å². The fourth-order valence-corrected chi connectivity index (χ4v) is 5.43. The largest absolute Gasteiger partial charge is 0.451 e. The molecule has 2 fully saturated rings. The summed E-state index contributed by atoms with van der Waals surface area (Å²) in [5.41, 5.74) is 4.19. The van der Waals surface area contributed by atoms with E-state index in [1.807, 2.05) is 13.0 Å². The number of hydrogen-bond acceptors (Lipinski definition) is 4. The number of fused-ring (bicyclic) bond motifs is 1. The minimum absolute atomic E-state index is 0. The monoisotopic (exact) mass is 433 g/mol. The molecule has 0 radical (unpaired) electrons. The Balaban J connectivity index is 0.00000256. The summed E-state index contributed by atoms with van der Waals surface area (Å²) in [5.74, 6) is 0.396. The number of nitrogens with zero attached hydrogens (tertiary/aromatic N) is 2. The van der Waals surface area contributed by atoms with Crippen LogP contribution in [-0.2, 0) is 0 Å². The van der Waals surface area contributed by atoms with E-state index in [4.69, 9.17) is 4.42 Å². The first-order valence-corrected chi connectivity index (χ1v) is 11.1. The Hall–Kier alpha value is -1.56. The van der Waals surface area contributed by atoms with Crippen LogP contribution in [0.2, 0.25) is 0 Å². The summed E-state index contributed by atoms with van der Waals surface area (Å²) < 4.78 is 6.02. The number of benzene rings is 1. The number of aryl methyl sites for hydroxylation is 3. The number of carbonyl (C=O) groups excluding carboxylic acids is 1. The topological polar surface area (TPSA) is 48.7 Å². The molecule has 1 saturated heterocycles. The number of rotatable bonds is 4. The van der Waals surface area contributed by atoms with E-state index in [1.54, 1.807) is 0 Å². The molecule has 166 valence electrons. The zero-order valence-corrected chi connectivity index (χ0v) is 19.7. The van der Waals surface area contributed by atoms with Crippen molar-refractivity contribution in [2.24, 2.45) is 0 Å². The summed E-state index contributed by atoms with van der Waals surface area (Å²) in [6.45, 7) is 11.3. The third-order valence-corrected chi connectivity index (χ3v) is 7.11. The highest BCUT2D eigenvalue weighted by Crippen LogP contribution is 2.34. The number of likely N-dealkylation sites (N-methyl/N-ethyl adjacent to an activating group) is 1. The Labute approximate surface area is 186 Å². The van der Waals surface area contributed by atoms with Crippen molar-refractivity contribution in [2.75, 3.05) is 39.8 Å². The van der Waals surface area contributed by atoms with Crippen molar-refractivity contribution >= 4 is 29.3 Å². The van der Waals surface area contributed by atoms with Crippen molar-refractivity contribution in [3.05, 3.63) is 34.6 Å². The maximum absolute atomic E-state index is 13.1. The van der Waals surface area contributed by atoms with Gasteiger partial charge in [-0.15, -0.1) is 12.4 Å². The molecule has 4 rings (SSSR count). The van der Waals surface area contributed by atoms with Crippen molar-refractivity contribution in [2.45, 2.75) is 58.4 Å². The van der Waals surface area contributed by atoms with Crippen molar-refractivity contribution in [3.63, 3.8) is 0 Å². The maximum atomic E-state index is 13.1. The number of nitrogens with one attached hydrogen (secondary N) is 1. The Morgan fingerprint density at radius 3 is 2.40 bits per heavy atom. The molecule has 0 spiro atoms. The second-order valence-corrected chi connectivity index (χ2v) is 9.27. The minimum atomic E-state index is -0.0742. The Kier molecular flexibility index (Phi) is 7.16. The van der Waals surface area contributed by atoms with Gasteiger partial charge in [-0.25, -0.2) is 0 Å². The lowest BCUT2D eigenvalue weighted by atomic mass is 9.79. The van der Waals surface area contributed by atoms with Crippen LogP contribution >= 0.6 is 12.4 Å². The highest BCUT2D eigenvalue weighted by atomic mass is 35.5. The molecule has 0 bridgehead atoms. The molecular formula is C24H36ClN3O2. The standard InChI is InChI=1S/C24H35N3O2.ClH/c1-17-14-18(2)21-19(3)22(29-20(21)15-17)23(28)25-16-24(8-6-5-7-9-24)27-12-10-26(4)11-13-27;/h14-15H,5-13,16H2,1-4H3,(H,25,28);1H. The van der Waals surface area contributed by atoms with Gasteiger partial charge in [-0.05, 0) is 57.9 Å². The van der Waals surface area contributed by atoms with Crippen LogP contribution in [0.4, 0.5) is 0 Å². The van der Waals surface area contributed by atoms with Crippen molar-refractivity contribution in [1.29, 1.82) is 0 Å². The minimum Gasteiger partial charge on any atom is -0.451 e. The van der Waals surface area contributed by atoms with E-state index in [0.717, 1.165) is 48.3 Å². The summed E-state index contributed by atoms with van der Waals surface area (Å²) in [7, 11) is 2.20. The average molecular weight is 434 g/mol. The van der Waals surface area contributed by atoms with Crippen LogP contribution in [0.25, 0.3) is 11.0 Å². The molecule has 30 heavy (non-hydrogen) atoms. The van der Waals surface area contributed by atoms with E-state index in [-0.39, 0.29) is 23.9 Å². The van der Waals surface area contributed by atoms with E-state index >= 15 is 0 Å². The SMILES string of the molecule is Cc1cc(C)c2c(C)c(C(=O)NCC3(N4CCN(C)CC4)CCCCC3)oc2c1.Cl. The lowest BCUT2D eigenvalue weighted by Crippen LogP contribution is -2.61. The van der Waals surface area contributed by atoms with Gasteiger partial charge >= 0.3 is 0 Å². The second kappa shape index (κ2) is 9.29. The van der Waals surface area contributed by atoms with Gasteiger partial charge < -0.3 is 14.6 Å². The van der Waals surface area contributed by atoms with Crippen LogP contribution in [0.5, 0.6) is 0 Å². The second-order valence-electron chi connectivity index (χ2n) is 9.27. The van der Waals surface area contributed by atoms with Crippen molar-refractivity contribution < 1.29 is 9.21 Å². The van der Waals surface area contributed by atoms with Crippen LogP contribution in [-0.4, -0.2) is 61.0 Å². The van der Waals surface area contributed by atoms with Crippen LogP contribution < -0.4 is 5.32 Å². The number of piperazine rings is 1. The molecule has 1 aromatic carbocycles. The maximum Gasteiger partial charge on any atom is 0.287 e. The van der Waals surface area contributed by atoms with Crippen LogP contribution in [0.1, 0.15) is 59.3 Å². The van der Waals surface area contributed by atoms with Crippen LogP contribution in [0, 0.1) is 20.8 Å². The number of carbonyl (C=O) groups is 1. The molecule has 1 aliphatic carbocycles. The van der Waals surface area contributed by atoms with Gasteiger partial charge in [-0.1, -0.05) is 25.3 Å². The number of furan rings is 1. The fourth-order valence-electron chi connectivity index (χ4n) is 5.43. The van der Waals surface area contributed by atoms with Gasteiger partial charge in [0.15, 0.2) is 5.76 Å². The molecule has 1 aliphatic heterocycles. The summed E-state index contributed by atoms with van der Waals surface area (Å²) in [6, 6.07) is 4.18. The molecule has 1 N–H and O–H groups in total. The zero-order chi connectivity index (χ0) is 20.6. The lowest BCUT2D eigenvalue weighted by molar-refractivity contribution is 0.0136. The molecule has 0 atom stereocenters. The summed E-state index contributed by atoms with van der Waals surface area (Å²) in [4.78, 5) is 18.2. The van der Waals surface area contributed by atoms with Gasteiger partial charge in [-0.2, -0.15) is 0 Å². The van der Waals surface area contributed by atoms with Gasteiger partial charge in [0.2, 0.25) is 0 Å². The van der Waals surface area contributed by atoms with Gasteiger partial charge in [0, 0.05) is 49.2 Å².